The molecule has 0 aromatic heterocycles. The first-order valence-corrected chi connectivity index (χ1v) is 6.02. The predicted molar refractivity (Wildman–Crippen MR) is 73.3 cm³/mol. The number of aryl methyl sites for hydroxylation is 1. The number of rotatable bonds is 5. The smallest absolute Gasteiger partial charge is 0.221 e. The van der Waals surface area contributed by atoms with E-state index in [1.54, 1.807) is 0 Å². The van der Waals surface area contributed by atoms with Crippen molar-refractivity contribution in [3.63, 3.8) is 0 Å². The lowest BCUT2D eigenvalue weighted by atomic mass is 10.1. The average Bonchev–Trinajstić information content (AvgIpc) is 2.28. The number of amides is 1. The Balaban J connectivity index is 3.03. The fourth-order valence-electron chi connectivity index (χ4n) is 1.68. The Labute approximate surface area is 103 Å². The molecule has 0 aliphatic heterocycles. The van der Waals surface area contributed by atoms with Gasteiger partial charge in [0.15, 0.2) is 0 Å². The lowest BCUT2D eigenvalue weighted by molar-refractivity contribution is -0.114. The predicted octanol–water partition coefficient (Wildman–Crippen LogP) is 2.61. The molecule has 17 heavy (non-hydrogen) atoms. The van der Waals surface area contributed by atoms with E-state index >= 15 is 0 Å². The molecule has 0 spiro atoms. The van der Waals surface area contributed by atoms with Gasteiger partial charge in [-0.25, -0.2) is 0 Å². The summed E-state index contributed by atoms with van der Waals surface area (Å²) < 4.78 is 0. The maximum Gasteiger partial charge on any atom is 0.221 e. The van der Waals surface area contributed by atoms with E-state index in [9.17, 15) is 4.79 Å². The normalized spacial score (nSPS) is 10.1. The van der Waals surface area contributed by atoms with Crippen LogP contribution in [0, 0.1) is 0 Å². The Kier molecular flexibility index (Phi) is 4.82. The van der Waals surface area contributed by atoms with Crippen molar-refractivity contribution in [1.82, 2.24) is 0 Å². The number of hydrogen-bond acceptors (Lipinski definition) is 3. The number of nitrogens with one attached hydrogen (secondary N) is 2. The molecule has 0 saturated heterocycles. The van der Waals surface area contributed by atoms with E-state index in [4.69, 9.17) is 5.73 Å². The number of anilines is 3. The Hall–Kier alpha value is -1.71. The van der Waals surface area contributed by atoms with Gasteiger partial charge in [0.05, 0.1) is 11.4 Å². The molecule has 1 aromatic carbocycles. The molecule has 0 unspecified atom stereocenters. The van der Waals surface area contributed by atoms with Crippen LogP contribution in [0.3, 0.4) is 0 Å². The molecule has 0 heterocycles. The molecular formula is C13H21N3O. The summed E-state index contributed by atoms with van der Waals surface area (Å²) in [6.07, 6.45) is 1.97. The third-order valence-corrected chi connectivity index (χ3v) is 2.53. The second-order valence-corrected chi connectivity index (χ2v) is 4.06. The van der Waals surface area contributed by atoms with Crippen LogP contribution >= 0.6 is 0 Å². The van der Waals surface area contributed by atoms with Crippen molar-refractivity contribution in [2.24, 2.45) is 0 Å². The summed E-state index contributed by atoms with van der Waals surface area (Å²) in [7, 11) is 0. The minimum absolute atomic E-state index is 0.109. The molecule has 94 valence electrons. The maximum absolute atomic E-state index is 11.1. The quantitative estimate of drug-likeness (QED) is 0.687. The van der Waals surface area contributed by atoms with E-state index < -0.39 is 0 Å². The highest BCUT2D eigenvalue weighted by atomic mass is 16.1. The van der Waals surface area contributed by atoms with Crippen LogP contribution in [0.1, 0.15) is 32.8 Å². The monoisotopic (exact) mass is 235 g/mol. The van der Waals surface area contributed by atoms with Crippen LogP contribution in [-0.2, 0) is 11.2 Å². The van der Waals surface area contributed by atoms with Crippen LogP contribution < -0.4 is 16.4 Å². The summed E-state index contributed by atoms with van der Waals surface area (Å²) in [6, 6.07) is 3.83. The zero-order valence-electron chi connectivity index (χ0n) is 10.8. The zero-order valence-corrected chi connectivity index (χ0v) is 10.8. The number of nitrogen functional groups attached to an aromatic ring is 1. The first kappa shape index (κ1) is 13.4. The summed E-state index contributed by atoms with van der Waals surface area (Å²) in [5.41, 5.74) is 9.40. The zero-order chi connectivity index (χ0) is 12.8. The first-order valence-electron chi connectivity index (χ1n) is 6.02. The van der Waals surface area contributed by atoms with Crippen LogP contribution in [0.25, 0.3) is 0 Å². The molecule has 1 amide bonds. The third-order valence-electron chi connectivity index (χ3n) is 2.53. The van der Waals surface area contributed by atoms with Crippen molar-refractivity contribution in [2.45, 2.75) is 33.6 Å². The molecule has 0 bridgehead atoms. The number of hydrogen-bond donors (Lipinski definition) is 3. The van der Waals surface area contributed by atoms with Crippen molar-refractivity contribution in [2.75, 3.05) is 22.9 Å². The molecule has 0 fully saturated rings. The fourth-order valence-corrected chi connectivity index (χ4v) is 1.68. The highest BCUT2D eigenvalue weighted by molar-refractivity contribution is 5.93. The molecular weight excluding hydrogens is 214 g/mol. The molecule has 0 saturated carbocycles. The molecule has 0 radical (unpaired) electrons. The minimum Gasteiger partial charge on any atom is -0.397 e. The second-order valence-electron chi connectivity index (χ2n) is 4.06. The second kappa shape index (κ2) is 6.13. The molecule has 4 nitrogen and oxygen atoms in total. The SMILES string of the molecule is CCCNc1cc(NC(C)=O)c(N)cc1CC. The average molecular weight is 235 g/mol. The van der Waals surface area contributed by atoms with Gasteiger partial charge >= 0.3 is 0 Å². The van der Waals surface area contributed by atoms with Crippen LogP contribution in [0.2, 0.25) is 0 Å². The van der Waals surface area contributed by atoms with Crippen LogP contribution in [0.4, 0.5) is 17.1 Å². The molecule has 1 aromatic rings. The van der Waals surface area contributed by atoms with Crippen molar-refractivity contribution >= 4 is 23.0 Å². The maximum atomic E-state index is 11.1. The fraction of sp³-hybridized carbons (Fsp3) is 0.462. The van der Waals surface area contributed by atoms with Gasteiger partial charge in [0.1, 0.15) is 0 Å². The number of benzene rings is 1. The van der Waals surface area contributed by atoms with Crippen LogP contribution in [-0.4, -0.2) is 12.5 Å². The number of carbonyl (C=O) groups is 1. The summed E-state index contributed by atoms with van der Waals surface area (Å²) in [4.78, 5) is 11.1. The van der Waals surface area contributed by atoms with E-state index in [2.05, 4.69) is 24.5 Å². The van der Waals surface area contributed by atoms with Crippen molar-refractivity contribution in [3.8, 4) is 0 Å². The Morgan fingerprint density at radius 2 is 2.00 bits per heavy atom. The van der Waals surface area contributed by atoms with Crippen LogP contribution in [0.5, 0.6) is 0 Å². The summed E-state index contributed by atoms with van der Waals surface area (Å²) in [6.45, 7) is 6.59. The van der Waals surface area contributed by atoms with Gasteiger partial charge in [-0.1, -0.05) is 13.8 Å². The number of carbonyl (C=O) groups excluding carboxylic acids is 1. The van der Waals surface area contributed by atoms with Gasteiger partial charge in [0, 0.05) is 19.2 Å². The van der Waals surface area contributed by atoms with Gasteiger partial charge in [-0.05, 0) is 30.5 Å². The van der Waals surface area contributed by atoms with Crippen molar-refractivity contribution in [1.29, 1.82) is 0 Å². The van der Waals surface area contributed by atoms with Crippen molar-refractivity contribution < 1.29 is 4.79 Å². The van der Waals surface area contributed by atoms with Gasteiger partial charge in [-0.3, -0.25) is 4.79 Å². The number of nitrogens with two attached hydrogens (primary N) is 1. The minimum atomic E-state index is -0.109. The van der Waals surface area contributed by atoms with E-state index in [1.807, 2.05) is 12.1 Å². The van der Waals surface area contributed by atoms with E-state index in [-0.39, 0.29) is 5.91 Å². The molecule has 0 atom stereocenters. The summed E-state index contributed by atoms with van der Waals surface area (Å²) in [5, 5.41) is 6.09. The van der Waals surface area contributed by atoms with Crippen LogP contribution in [0.15, 0.2) is 12.1 Å². The van der Waals surface area contributed by atoms with Gasteiger partial charge < -0.3 is 16.4 Å². The first-order chi connectivity index (χ1) is 8.08. The Bertz CT molecular complexity index is 402. The molecule has 0 aliphatic rings. The summed E-state index contributed by atoms with van der Waals surface area (Å²) >= 11 is 0. The van der Waals surface area contributed by atoms with Gasteiger partial charge in [0.2, 0.25) is 5.91 Å². The van der Waals surface area contributed by atoms with Gasteiger partial charge in [0.25, 0.3) is 0 Å². The Morgan fingerprint density at radius 3 is 2.53 bits per heavy atom. The van der Waals surface area contributed by atoms with Gasteiger partial charge in [-0.2, -0.15) is 0 Å². The Morgan fingerprint density at radius 1 is 1.29 bits per heavy atom. The van der Waals surface area contributed by atoms with E-state index in [1.165, 1.54) is 12.5 Å². The third kappa shape index (κ3) is 3.66. The summed E-state index contributed by atoms with van der Waals surface area (Å²) in [5.74, 6) is -0.109. The molecule has 4 N–H and O–H groups in total. The molecule has 0 aliphatic carbocycles. The van der Waals surface area contributed by atoms with Crippen molar-refractivity contribution in [3.05, 3.63) is 17.7 Å². The lowest BCUT2D eigenvalue weighted by Gasteiger charge is -2.15. The standard InChI is InChI=1S/C13H21N3O/c1-4-6-15-12-8-13(16-9(3)17)11(14)7-10(12)5-2/h7-8,15H,4-6,14H2,1-3H3,(H,16,17). The highest BCUT2D eigenvalue weighted by Crippen LogP contribution is 2.28. The van der Waals surface area contributed by atoms with E-state index in [0.717, 1.165) is 25.1 Å². The molecule has 1 rings (SSSR count). The largest absolute Gasteiger partial charge is 0.397 e. The van der Waals surface area contributed by atoms with Gasteiger partial charge in [-0.15, -0.1) is 0 Å². The highest BCUT2D eigenvalue weighted by Gasteiger charge is 2.07. The molecule has 4 heteroatoms. The topological polar surface area (TPSA) is 67.1 Å². The van der Waals surface area contributed by atoms with E-state index in [0.29, 0.717) is 11.4 Å². The lowest BCUT2D eigenvalue weighted by Crippen LogP contribution is -2.10.